The van der Waals surface area contributed by atoms with Crippen LogP contribution in [0.5, 0.6) is 11.5 Å². The molecule has 0 bridgehead atoms. The van der Waals surface area contributed by atoms with E-state index in [2.05, 4.69) is 53.5 Å². The first-order valence-electron chi connectivity index (χ1n) is 10.5. The Labute approximate surface area is 207 Å². The number of ether oxygens (including phenoxy) is 2. The predicted octanol–water partition coefficient (Wildman–Crippen LogP) is 4.68. The molecular formula is C23H35IN4O2S. The number of hydrogen-bond acceptors (Lipinski definition) is 5. The van der Waals surface area contributed by atoms with Gasteiger partial charge in [0.15, 0.2) is 5.96 Å². The minimum absolute atomic E-state index is 0. The van der Waals surface area contributed by atoms with E-state index in [1.165, 1.54) is 16.3 Å². The molecule has 1 fully saturated rings. The van der Waals surface area contributed by atoms with Gasteiger partial charge in [-0.05, 0) is 24.1 Å². The molecule has 0 amide bonds. The Kier molecular flexibility index (Phi) is 9.42. The topological polar surface area (TPSA) is 59.0 Å². The molecule has 8 heteroatoms. The van der Waals surface area contributed by atoms with E-state index in [9.17, 15) is 0 Å². The van der Waals surface area contributed by atoms with Crippen molar-refractivity contribution in [2.24, 2.45) is 4.99 Å². The SMILES string of the molecule is CN=C(NCCc1nc(C(C)(C)C)cs1)N1CCC(c2cc(OC)cc(OC)c2)C1.I. The lowest BCUT2D eigenvalue weighted by atomic mass is 9.93. The number of nitrogens with zero attached hydrogens (tertiary/aromatic N) is 3. The lowest BCUT2D eigenvalue weighted by Crippen LogP contribution is -2.40. The highest BCUT2D eigenvalue weighted by molar-refractivity contribution is 14.0. The minimum atomic E-state index is 0. The number of halogens is 1. The third-order valence-corrected chi connectivity index (χ3v) is 6.40. The molecule has 1 N–H and O–H groups in total. The fraction of sp³-hybridized carbons (Fsp3) is 0.565. The molecule has 1 aliphatic rings. The molecule has 31 heavy (non-hydrogen) atoms. The molecule has 3 rings (SSSR count). The van der Waals surface area contributed by atoms with Crippen molar-refractivity contribution in [2.75, 3.05) is 40.9 Å². The Morgan fingerprint density at radius 3 is 2.45 bits per heavy atom. The summed E-state index contributed by atoms with van der Waals surface area (Å²) in [6.07, 6.45) is 1.99. The summed E-state index contributed by atoms with van der Waals surface area (Å²) < 4.78 is 10.9. The Bertz CT molecular complexity index is 856. The lowest BCUT2D eigenvalue weighted by Gasteiger charge is -2.22. The Balaban J connectivity index is 0.00000341. The van der Waals surface area contributed by atoms with Crippen LogP contribution < -0.4 is 14.8 Å². The summed E-state index contributed by atoms with van der Waals surface area (Å²) in [4.78, 5) is 11.6. The number of methoxy groups -OCH3 is 2. The van der Waals surface area contributed by atoms with E-state index in [1.807, 2.05) is 13.1 Å². The zero-order chi connectivity index (χ0) is 21.7. The van der Waals surface area contributed by atoms with Crippen LogP contribution in [0.2, 0.25) is 0 Å². The van der Waals surface area contributed by atoms with E-state index >= 15 is 0 Å². The summed E-state index contributed by atoms with van der Waals surface area (Å²) >= 11 is 1.74. The number of aromatic nitrogens is 1. The molecule has 1 unspecified atom stereocenters. The van der Waals surface area contributed by atoms with Gasteiger partial charge < -0.3 is 19.7 Å². The van der Waals surface area contributed by atoms with E-state index in [0.717, 1.165) is 49.9 Å². The zero-order valence-corrected chi connectivity index (χ0v) is 22.5. The third kappa shape index (κ3) is 6.71. The van der Waals surface area contributed by atoms with Crippen molar-refractivity contribution < 1.29 is 9.47 Å². The van der Waals surface area contributed by atoms with Crippen LogP contribution in [0.3, 0.4) is 0 Å². The highest BCUT2D eigenvalue weighted by Gasteiger charge is 2.27. The zero-order valence-electron chi connectivity index (χ0n) is 19.4. The molecule has 0 spiro atoms. The molecule has 0 saturated carbocycles. The maximum atomic E-state index is 5.44. The summed E-state index contributed by atoms with van der Waals surface area (Å²) in [5, 5.41) is 6.87. The molecule has 172 valence electrons. The molecule has 1 aromatic heterocycles. The molecule has 0 aliphatic carbocycles. The molecule has 2 aromatic rings. The van der Waals surface area contributed by atoms with Gasteiger partial charge in [-0.2, -0.15) is 0 Å². The average Bonchev–Trinajstić information content (AvgIpc) is 3.40. The fourth-order valence-corrected chi connectivity index (χ4v) is 4.70. The average molecular weight is 559 g/mol. The van der Waals surface area contributed by atoms with E-state index in [1.54, 1.807) is 25.6 Å². The number of likely N-dealkylation sites (tertiary alicyclic amines) is 1. The van der Waals surface area contributed by atoms with Crippen molar-refractivity contribution in [1.82, 2.24) is 15.2 Å². The van der Waals surface area contributed by atoms with Gasteiger partial charge in [0.25, 0.3) is 0 Å². The van der Waals surface area contributed by atoms with Crippen molar-refractivity contribution in [3.8, 4) is 11.5 Å². The summed E-state index contributed by atoms with van der Waals surface area (Å²) in [7, 11) is 5.24. The fourth-order valence-electron chi connectivity index (χ4n) is 3.67. The normalized spacial score (nSPS) is 16.8. The summed E-state index contributed by atoms with van der Waals surface area (Å²) in [6.45, 7) is 9.35. The van der Waals surface area contributed by atoms with E-state index in [0.29, 0.717) is 5.92 Å². The van der Waals surface area contributed by atoms with Crippen molar-refractivity contribution in [3.05, 3.63) is 39.8 Å². The lowest BCUT2D eigenvalue weighted by molar-refractivity contribution is 0.392. The highest BCUT2D eigenvalue weighted by Crippen LogP contribution is 2.33. The van der Waals surface area contributed by atoms with Gasteiger partial charge in [0.1, 0.15) is 11.5 Å². The van der Waals surface area contributed by atoms with Crippen molar-refractivity contribution in [2.45, 2.75) is 44.9 Å². The molecule has 1 aromatic carbocycles. The Hall–Kier alpha value is -1.55. The maximum Gasteiger partial charge on any atom is 0.193 e. The molecule has 1 atom stereocenters. The summed E-state index contributed by atoms with van der Waals surface area (Å²) in [6, 6.07) is 6.14. The van der Waals surface area contributed by atoms with Crippen LogP contribution in [0, 0.1) is 0 Å². The largest absolute Gasteiger partial charge is 0.497 e. The maximum absolute atomic E-state index is 5.44. The van der Waals surface area contributed by atoms with Crippen LogP contribution in [-0.4, -0.2) is 56.7 Å². The number of thiazole rings is 1. The van der Waals surface area contributed by atoms with Crippen LogP contribution in [0.1, 0.15) is 49.4 Å². The molecular weight excluding hydrogens is 523 g/mol. The first-order valence-corrected chi connectivity index (χ1v) is 11.4. The highest BCUT2D eigenvalue weighted by atomic mass is 127. The number of guanidine groups is 1. The van der Waals surface area contributed by atoms with Crippen LogP contribution in [0.4, 0.5) is 0 Å². The van der Waals surface area contributed by atoms with Gasteiger partial charge in [0, 0.05) is 55.9 Å². The number of nitrogens with one attached hydrogen (secondary N) is 1. The van der Waals surface area contributed by atoms with Gasteiger partial charge in [-0.3, -0.25) is 4.99 Å². The monoisotopic (exact) mass is 558 g/mol. The Morgan fingerprint density at radius 1 is 1.23 bits per heavy atom. The van der Waals surface area contributed by atoms with E-state index in [4.69, 9.17) is 14.5 Å². The van der Waals surface area contributed by atoms with Crippen molar-refractivity contribution >= 4 is 41.3 Å². The van der Waals surface area contributed by atoms with Gasteiger partial charge in [-0.15, -0.1) is 35.3 Å². The third-order valence-electron chi connectivity index (χ3n) is 5.49. The van der Waals surface area contributed by atoms with Gasteiger partial charge >= 0.3 is 0 Å². The number of benzene rings is 1. The quantitative estimate of drug-likeness (QED) is 0.317. The smallest absolute Gasteiger partial charge is 0.193 e. The summed E-state index contributed by atoms with van der Waals surface area (Å²) in [5.41, 5.74) is 2.52. The second-order valence-electron chi connectivity index (χ2n) is 8.68. The van der Waals surface area contributed by atoms with Crippen molar-refractivity contribution in [1.29, 1.82) is 0 Å². The molecule has 1 aliphatic heterocycles. The van der Waals surface area contributed by atoms with Crippen LogP contribution >= 0.6 is 35.3 Å². The number of hydrogen-bond donors (Lipinski definition) is 1. The second-order valence-corrected chi connectivity index (χ2v) is 9.62. The minimum Gasteiger partial charge on any atom is -0.497 e. The van der Waals surface area contributed by atoms with Crippen LogP contribution in [0.25, 0.3) is 0 Å². The number of aliphatic imine (C=N–C) groups is 1. The Morgan fingerprint density at radius 2 is 1.90 bits per heavy atom. The molecule has 2 heterocycles. The van der Waals surface area contributed by atoms with Gasteiger partial charge in [-0.1, -0.05) is 20.8 Å². The van der Waals surface area contributed by atoms with Gasteiger partial charge in [0.2, 0.25) is 0 Å². The van der Waals surface area contributed by atoms with Crippen LogP contribution in [-0.2, 0) is 11.8 Å². The predicted molar refractivity (Wildman–Crippen MR) is 140 cm³/mol. The summed E-state index contributed by atoms with van der Waals surface area (Å²) in [5.74, 6) is 3.06. The standard InChI is InChI=1S/C23H34N4O2S.HI/c1-23(2,3)20-15-30-21(26-20)7-9-25-22(24-4)27-10-8-16(14-27)17-11-18(28-5)13-19(12-17)29-6;/h11-13,15-16H,7-10,14H2,1-6H3,(H,24,25);1H. The van der Waals surface area contributed by atoms with Crippen LogP contribution in [0.15, 0.2) is 28.6 Å². The van der Waals surface area contributed by atoms with E-state index in [-0.39, 0.29) is 29.4 Å². The second kappa shape index (κ2) is 11.4. The number of rotatable bonds is 6. The molecule has 6 nitrogen and oxygen atoms in total. The van der Waals surface area contributed by atoms with Gasteiger partial charge in [0.05, 0.1) is 24.9 Å². The molecule has 1 saturated heterocycles. The first kappa shape index (κ1) is 25.7. The van der Waals surface area contributed by atoms with E-state index < -0.39 is 0 Å². The van der Waals surface area contributed by atoms with Crippen molar-refractivity contribution in [3.63, 3.8) is 0 Å². The molecule has 0 radical (unpaired) electrons. The first-order chi connectivity index (χ1) is 14.3. The van der Waals surface area contributed by atoms with Gasteiger partial charge in [-0.25, -0.2) is 4.98 Å².